The standard InChI is InChI=1S/C16H19Cl3N2O3/c17-10-7-12(19)13(8-11(10)18)20-15(22)9-21-4-2-1-3-14(21)16-23-5-6-24-16/h7-8,14,16H,1-6,9H2,(H,20,22). The molecule has 1 aromatic rings. The Morgan fingerprint density at radius 3 is 2.58 bits per heavy atom. The number of amides is 1. The molecular weight excluding hydrogens is 375 g/mol. The Balaban J connectivity index is 1.63. The summed E-state index contributed by atoms with van der Waals surface area (Å²) in [6, 6.07) is 3.18. The van der Waals surface area contributed by atoms with E-state index in [-0.39, 0.29) is 24.8 Å². The fourth-order valence-electron chi connectivity index (χ4n) is 3.11. The summed E-state index contributed by atoms with van der Waals surface area (Å²) in [5.41, 5.74) is 0.456. The Hall–Kier alpha value is -0.560. The second-order valence-corrected chi connectivity index (χ2v) is 7.16. The van der Waals surface area contributed by atoms with Gasteiger partial charge in [0, 0.05) is 0 Å². The van der Waals surface area contributed by atoms with Crippen molar-refractivity contribution in [3.8, 4) is 0 Å². The molecule has 2 fully saturated rings. The number of carbonyl (C=O) groups excluding carboxylic acids is 1. The summed E-state index contributed by atoms with van der Waals surface area (Å²) < 4.78 is 11.2. The number of nitrogens with zero attached hydrogens (tertiary/aromatic N) is 1. The fraction of sp³-hybridized carbons (Fsp3) is 0.562. The Kier molecular flexibility index (Phi) is 6.24. The van der Waals surface area contributed by atoms with Crippen molar-refractivity contribution >= 4 is 46.4 Å². The molecule has 2 saturated heterocycles. The maximum Gasteiger partial charge on any atom is 0.238 e. The van der Waals surface area contributed by atoms with Crippen LogP contribution in [0.3, 0.4) is 0 Å². The van der Waals surface area contributed by atoms with E-state index >= 15 is 0 Å². The van der Waals surface area contributed by atoms with E-state index in [1.807, 2.05) is 0 Å². The number of ether oxygens (including phenoxy) is 2. The van der Waals surface area contributed by atoms with Gasteiger partial charge in [0.1, 0.15) is 0 Å². The smallest absolute Gasteiger partial charge is 0.238 e. The molecule has 2 heterocycles. The molecule has 24 heavy (non-hydrogen) atoms. The van der Waals surface area contributed by atoms with E-state index in [0.717, 1.165) is 25.8 Å². The Labute approximate surface area is 156 Å². The first kappa shape index (κ1) is 18.2. The molecular formula is C16H19Cl3N2O3. The topological polar surface area (TPSA) is 50.8 Å². The molecule has 0 aromatic heterocycles. The van der Waals surface area contributed by atoms with Gasteiger partial charge in [0.15, 0.2) is 6.29 Å². The van der Waals surface area contributed by atoms with Crippen molar-refractivity contribution in [2.45, 2.75) is 31.6 Å². The van der Waals surface area contributed by atoms with Gasteiger partial charge in [-0.3, -0.25) is 9.69 Å². The number of likely N-dealkylation sites (tertiary alicyclic amines) is 1. The molecule has 0 spiro atoms. The van der Waals surface area contributed by atoms with Crippen LogP contribution in [-0.4, -0.2) is 49.4 Å². The van der Waals surface area contributed by atoms with E-state index in [1.54, 1.807) is 6.07 Å². The van der Waals surface area contributed by atoms with Crippen molar-refractivity contribution in [3.63, 3.8) is 0 Å². The van der Waals surface area contributed by atoms with Gasteiger partial charge in [0.25, 0.3) is 0 Å². The van der Waals surface area contributed by atoms with Crippen LogP contribution in [0, 0.1) is 0 Å². The molecule has 2 aliphatic rings. The average molecular weight is 394 g/mol. The minimum atomic E-state index is -0.244. The van der Waals surface area contributed by atoms with Gasteiger partial charge in [-0.25, -0.2) is 0 Å². The van der Waals surface area contributed by atoms with Crippen molar-refractivity contribution < 1.29 is 14.3 Å². The average Bonchev–Trinajstić information content (AvgIpc) is 3.07. The highest BCUT2D eigenvalue weighted by Crippen LogP contribution is 2.32. The van der Waals surface area contributed by atoms with Crippen LogP contribution in [-0.2, 0) is 14.3 Å². The van der Waals surface area contributed by atoms with Crippen LogP contribution < -0.4 is 5.32 Å². The highest BCUT2D eigenvalue weighted by atomic mass is 35.5. The van der Waals surface area contributed by atoms with Crippen LogP contribution in [0.1, 0.15) is 19.3 Å². The van der Waals surface area contributed by atoms with Crippen LogP contribution in [0.2, 0.25) is 15.1 Å². The van der Waals surface area contributed by atoms with E-state index in [0.29, 0.717) is 34.0 Å². The molecule has 1 amide bonds. The fourth-order valence-corrected chi connectivity index (χ4v) is 3.71. The second-order valence-electron chi connectivity index (χ2n) is 5.94. The van der Waals surface area contributed by atoms with E-state index in [4.69, 9.17) is 44.3 Å². The van der Waals surface area contributed by atoms with Crippen molar-refractivity contribution in [3.05, 3.63) is 27.2 Å². The molecule has 3 rings (SSSR count). The number of piperidine rings is 1. The summed E-state index contributed by atoms with van der Waals surface area (Å²) >= 11 is 18.0. The maximum absolute atomic E-state index is 12.4. The van der Waals surface area contributed by atoms with E-state index < -0.39 is 0 Å². The zero-order valence-corrected chi connectivity index (χ0v) is 15.3. The first-order valence-electron chi connectivity index (χ1n) is 7.96. The van der Waals surface area contributed by atoms with Crippen LogP contribution in [0.5, 0.6) is 0 Å². The van der Waals surface area contributed by atoms with Gasteiger partial charge in [0.05, 0.1) is 46.6 Å². The number of carbonyl (C=O) groups is 1. The predicted molar refractivity (Wildman–Crippen MR) is 95.0 cm³/mol. The summed E-state index contributed by atoms with van der Waals surface area (Å²) in [6.45, 7) is 2.32. The Morgan fingerprint density at radius 2 is 1.83 bits per heavy atom. The van der Waals surface area contributed by atoms with Gasteiger partial charge in [-0.15, -0.1) is 0 Å². The first-order valence-corrected chi connectivity index (χ1v) is 9.09. The molecule has 1 N–H and O–H groups in total. The number of hydrogen-bond donors (Lipinski definition) is 1. The molecule has 5 nitrogen and oxygen atoms in total. The lowest BCUT2D eigenvalue weighted by atomic mass is 10.0. The largest absolute Gasteiger partial charge is 0.349 e. The number of hydrogen-bond acceptors (Lipinski definition) is 4. The van der Waals surface area contributed by atoms with Crippen molar-refractivity contribution in [1.82, 2.24) is 4.90 Å². The van der Waals surface area contributed by atoms with Crippen LogP contribution in [0.25, 0.3) is 0 Å². The highest BCUT2D eigenvalue weighted by Gasteiger charge is 2.34. The molecule has 0 saturated carbocycles. The molecule has 0 radical (unpaired) electrons. The van der Waals surface area contributed by atoms with Gasteiger partial charge in [-0.1, -0.05) is 41.2 Å². The number of nitrogens with one attached hydrogen (secondary N) is 1. The van der Waals surface area contributed by atoms with E-state index in [2.05, 4.69) is 10.2 Å². The molecule has 8 heteroatoms. The molecule has 2 aliphatic heterocycles. The quantitative estimate of drug-likeness (QED) is 0.790. The summed E-state index contributed by atoms with van der Waals surface area (Å²) in [7, 11) is 0. The van der Waals surface area contributed by atoms with Crippen LogP contribution in [0.15, 0.2) is 12.1 Å². The number of rotatable bonds is 4. The van der Waals surface area contributed by atoms with E-state index in [9.17, 15) is 4.79 Å². The van der Waals surface area contributed by atoms with Gasteiger partial charge in [-0.05, 0) is 31.5 Å². The summed E-state index contributed by atoms with van der Waals surface area (Å²) in [5, 5.41) is 3.86. The molecule has 0 bridgehead atoms. The van der Waals surface area contributed by atoms with Crippen LogP contribution >= 0.6 is 34.8 Å². The molecule has 0 aliphatic carbocycles. The lowest BCUT2D eigenvalue weighted by Gasteiger charge is -2.37. The molecule has 1 unspecified atom stereocenters. The normalized spacial score (nSPS) is 22.7. The number of benzene rings is 1. The van der Waals surface area contributed by atoms with Crippen molar-refractivity contribution in [2.24, 2.45) is 0 Å². The van der Waals surface area contributed by atoms with Crippen molar-refractivity contribution in [1.29, 1.82) is 0 Å². The van der Waals surface area contributed by atoms with Gasteiger partial charge >= 0.3 is 0 Å². The Bertz CT molecular complexity index is 608. The maximum atomic E-state index is 12.4. The molecule has 1 aromatic carbocycles. The molecule has 1 atom stereocenters. The van der Waals surface area contributed by atoms with Gasteiger partial charge in [-0.2, -0.15) is 0 Å². The third-order valence-corrected chi connectivity index (χ3v) is 5.29. The third kappa shape index (κ3) is 4.34. The number of halogens is 3. The predicted octanol–water partition coefficient (Wildman–Crippen LogP) is 3.81. The van der Waals surface area contributed by atoms with Crippen molar-refractivity contribution in [2.75, 3.05) is 31.6 Å². The lowest BCUT2D eigenvalue weighted by molar-refractivity contribution is -0.127. The molecule has 132 valence electrons. The van der Waals surface area contributed by atoms with E-state index in [1.165, 1.54) is 6.07 Å². The SMILES string of the molecule is O=C(CN1CCCCC1C1OCCO1)Nc1cc(Cl)c(Cl)cc1Cl. The zero-order chi connectivity index (χ0) is 17.1. The second kappa shape index (κ2) is 8.21. The third-order valence-electron chi connectivity index (χ3n) is 4.26. The van der Waals surface area contributed by atoms with Gasteiger partial charge in [0.2, 0.25) is 5.91 Å². The van der Waals surface area contributed by atoms with Gasteiger partial charge < -0.3 is 14.8 Å². The summed E-state index contributed by atoms with van der Waals surface area (Å²) in [5.74, 6) is -0.153. The summed E-state index contributed by atoms with van der Waals surface area (Å²) in [6.07, 6.45) is 2.90. The Morgan fingerprint density at radius 1 is 1.12 bits per heavy atom. The summed E-state index contributed by atoms with van der Waals surface area (Å²) in [4.78, 5) is 14.5. The monoisotopic (exact) mass is 392 g/mol. The first-order chi connectivity index (χ1) is 11.5. The number of anilines is 1. The minimum absolute atomic E-state index is 0.108. The highest BCUT2D eigenvalue weighted by molar-refractivity contribution is 6.44. The lowest BCUT2D eigenvalue weighted by Crippen LogP contribution is -2.50. The zero-order valence-electron chi connectivity index (χ0n) is 13.1. The van der Waals surface area contributed by atoms with Crippen LogP contribution in [0.4, 0.5) is 5.69 Å². The minimum Gasteiger partial charge on any atom is -0.349 e.